The minimum absolute atomic E-state index is 0.0100. The maximum Gasteiger partial charge on any atom is 0.328 e. The molecule has 3 aromatic heterocycles. The van der Waals surface area contributed by atoms with Crippen LogP contribution in [0.15, 0.2) is 223 Å². The number of aromatic nitrogens is 3. The Bertz CT molecular complexity index is 4210. The van der Waals surface area contributed by atoms with Crippen LogP contribution in [0.1, 0.15) is 69.2 Å². The van der Waals surface area contributed by atoms with E-state index in [1.807, 2.05) is 18.2 Å². The first-order valence-corrected chi connectivity index (χ1v) is 32.3. The highest BCUT2D eigenvalue weighted by molar-refractivity contribution is 8.16. The molecule has 0 saturated heterocycles. The van der Waals surface area contributed by atoms with Crippen molar-refractivity contribution in [3.8, 4) is 46.2 Å². The van der Waals surface area contributed by atoms with Crippen LogP contribution in [-0.2, 0) is 0 Å². The molecule has 2 unspecified atom stereocenters. The number of thioether (sulfide) groups is 1. The van der Waals surface area contributed by atoms with Crippen LogP contribution in [0.4, 0.5) is 0 Å². The van der Waals surface area contributed by atoms with Crippen molar-refractivity contribution in [3.05, 3.63) is 234 Å². The number of ether oxygens (including phenoxy) is 2. The maximum atomic E-state index is 12.4. The van der Waals surface area contributed by atoms with Crippen molar-refractivity contribution in [3.63, 3.8) is 0 Å². The summed E-state index contributed by atoms with van der Waals surface area (Å²) >= 11 is 3.17. The second-order valence-electron chi connectivity index (χ2n) is 23.2. The largest absolute Gasteiger partial charge is 0.493 e. The number of nitrogens with zero attached hydrogens (tertiary/aromatic N) is 6. The van der Waals surface area contributed by atoms with Crippen LogP contribution in [0.3, 0.4) is 0 Å². The van der Waals surface area contributed by atoms with Crippen molar-refractivity contribution >= 4 is 95.8 Å². The van der Waals surface area contributed by atoms with Crippen molar-refractivity contribution < 1.29 is 9.47 Å². The molecule has 12 heteroatoms. The molecule has 10 aromatic rings. The molecule has 420 valence electrons. The van der Waals surface area contributed by atoms with Crippen LogP contribution in [0.5, 0.6) is 11.5 Å². The fourth-order valence-corrected chi connectivity index (χ4v) is 15.8. The Morgan fingerprint density at radius 1 is 0.500 bits per heavy atom. The molecule has 0 radical (unpaired) electrons. The van der Waals surface area contributed by atoms with Crippen molar-refractivity contribution in [2.45, 2.75) is 75.5 Å². The fraction of sp³-hybridized carbons (Fsp3) is 0.216. The van der Waals surface area contributed by atoms with E-state index in [1.54, 1.807) is 11.8 Å². The molecule has 0 bridgehead atoms. The van der Waals surface area contributed by atoms with Gasteiger partial charge in [0.25, 0.3) is 0 Å². The van der Waals surface area contributed by atoms with E-state index >= 15 is 0 Å². The lowest BCUT2D eigenvalue weighted by atomic mass is 9.50. The van der Waals surface area contributed by atoms with E-state index < -0.39 is 13.7 Å². The minimum atomic E-state index is -0.500. The van der Waals surface area contributed by atoms with Crippen molar-refractivity contribution in [2.75, 3.05) is 13.2 Å². The van der Waals surface area contributed by atoms with Gasteiger partial charge in [0, 0.05) is 22.2 Å². The summed E-state index contributed by atoms with van der Waals surface area (Å²) in [5.74, 6) is 2.65. The molecule has 0 N–H and O–H groups in total. The van der Waals surface area contributed by atoms with E-state index in [2.05, 4.69) is 221 Å². The Kier molecular flexibility index (Phi) is 16.0. The van der Waals surface area contributed by atoms with E-state index in [1.165, 1.54) is 75.5 Å². The summed E-state index contributed by atoms with van der Waals surface area (Å²) in [4.78, 5) is 10.8. The summed E-state index contributed by atoms with van der Waals surface area (Å²) in [6.45, 7) is 0.349. The molecule has 2 fully saturated rings. The summed E-state index contributed by atoms with van der Waals surface area (Å²) in [5.41, 5.74) is 9.29. The summed E-state index contributed by atoms with van der Waals surface area (Å²) in [6.07, 6.45) is 20.7. The fourth-order valence-electron chi connectivity index (χ4n) is 13.7. The van der Waals surface area contributed by atoms with Gasteiger partial charge in [-0.2, -0.15) is 10.5 Å². The van der Waals surface area contributed by atoms with Gasteiger partial charge in [-0.15, -0.1) is 11.3 Å². The number of nitriles is 2. The quantitative estimate of drug-likeness (QED) is 0.0894. The first-order valence-electron chi connectivity index (χ1n) is 30.6. The second-order valence-corrected chi connectivity index (χ2v) is 25.4. The molecule has 1 aliphatic heterocycles. The van der Waals surface area contributed by atoms with Gasteiger partial charge in [0.1, 0.15) is 44.8 Å². The van der Waals surface area contributed by atoms with Gasteiger partial charge in [0.05, 0.1) is 45.4 Å². The number of fused-ring (bicyclic) bond motifs is 3. The summed E-state index contributed by atoms with van der Waals surface area (Å²) in [7, 11) is 0. The molecule has 0 spiro atoms. The summed E-state index contributed by atoms with van der Waals surface area (Å²) in [5, 5.41) is 29.2. The lowest BCUT2D eigenvalue weighted by molar-refractivity contribution is 0.209. The molecule has 3 aliphatic carbocycles. The second kappa shape index (κ2) is 25.0. The molecule has 86 heavy (non-hydrogen) atoms. The highest BCUT2D eigenvalue weighted by Gasteiger charge is 2.39. The first-order chi connectivity index (χ1) is 42.6. The topological polar surface area (TPSA) is 101 Å². The van der Waals surface area contributed by atoms with Crippen molar-refractivity contribution in [1.82, 2.24) is 13.9 Å². The Morgan fingerprint density at radius 2 is 0.930 bits per heavy atom. The monoisotopic (exact) mass is 1150 g/mol. The molecule has 4 aliphatic rings. The van der Waals surface area contributed by atoms with Crippen molar-refractivity contribution in [1.29, 1.82) is 10.5 Å². The zero-order valence-corrected chi connectivity index (χ0v) is 49.7. The number of para-hydroxylation sites is 1. The van der Waals surface area contributed by atoms with Gasteiger partial charge in [0.15, 0.2) is 0 Å². The number of allylic oxidation sites excluding steroid dienone is 2. The van der Waals surface area contributed by atoms with E-state index in [0.29, 0.717) is 56.9 Å². The Labute approximate surface area is 512 Å². The third-order valence-corrected chi connectivity index (χ3v) is 20.1. The lowest BCUT2D eigenvalue weighted by Crippen LogP contribution is -2.54. The molecule has 2 saturated carbocycles. The highest BCUT2D eigenvalue weighted by atomic mass is 32.2. The van der Waals surface area contributed by atoms with Crippen molar-refractivity contribution in [2.24, 2.45) is 16.8 Å². The molecular formula is C74H64B2N6O2S2. The van der Waals surface area contributed by atoms with Gasteiger partial charge in [-0.25, -0.2) is 4.98 Å². The predicted octanol–water partition coefficient (Wildman–Crippen LogP) is 13.0. The zero-order chi connectivity index (χ0) is 57.8. The van der Waals surface area contributed by atoms with Gasteiger partial charge < -0.3 is 18.4 Å². The van der Waals surface area contributed by atoms with Crippen LogP contribution < -0.4 is 42.0 Å². The lowest BCUT2D eigenvalue weighted by Gasteiger charge is -2.24. The maximum absolute atomic E-state index is 12.4. The molecule has 2 atom stereocenters. The third-order valence-electron chi connectivity index (χ3n) is 17.8. The molecule has 8 nitrogen and oxygen atoms in total. The standard InChI is InChI=1S/C74H64B2N6O2S2/c77-47-61(73-79-63-35-19-21-37-65(63)85-73)71-67-68(70(54-41-45-60(46-42-54)84-50-52-25-9-2-10-26-52)82(71)76(57-31-15-5-16-32-57)58-33-17-6-18-34-58)72(62(48-78)74-80-64-36-20-22-38-66(64)86-74)81(75(55-27-11-3-12-28-55)56-29-13-4-14-30-56)69(67)53-39-43-59(44-40-53)83-49-51-23-7-1-8-24-51/h3-6,11-22,27-46,51-52,63,65H,1-2,7-10,23-26,49-50H2/b71-61-,72-62-. The average molecular weight is 1160 g/mol. The molecular weight excluding hydrogens is 1090 g/mol. The van der Waals surface area contributed by atoms with Crippen LogP contribution in [0.25, 0.3) is 54.7 Å². The average Bonchev–Trinajstić information content (AvgIpc) is 1.57. The van der Waals surface area contributed by atoms with Crippen LogP contribution in [-0.4, -0.2) is 57.2 Å². The van der Waals surface area contributed by atoms with Gasteiger partial charge in [-0.3, -0.25) is 4.99 Å². The number of benzene rings is 7. The first kappa shape index (κ1) is 55.1. The smallest absolute Gasteiger partial charge is 0.328 e. The van der Waals surface area contributed by atoms with Gasteiger partial charge in [-0.1, -0.05) is 230 Å². The number of rotatable bonds is 16. The van der Waals surface area contributed by atoms with E-state index in [9.17, 15) is 10.5 Å². The van der Waals surface area contributed by atoms with E-state index in [4.69, 9.17) is 19.5 Å². The Morgan fingerprint density at radius 3 is 1.37 bits per heavy atom. The number of thiazole rings is 1. The van der Waals surface area contributed by atoms with Gasteiger partial charge in [-0.05, 0) is 109 Å². The third kappa shape index (κ3) is 10.9. The normalized spacial score (nSPS) is 17.6. The Hall–Kier alpha value is -8.80. The van der Waals surface area contributed by atoms with Crippen LogP contribution in [0.2, 0.25) is 0 Å². The van der Waals surface area contributed by atoms with Gasteiger partial charge in [0.2, 0.25) is 0 Å². The SMILES string of the molecule is N#C/C(C1=NC2C=CC=CC2S1)=c1\c2c(-c3ccc(OCC4CCCCC4)cc3)n(B(c3ccccc3)c3ccccc3)/c(=C(/C#N)c3nc4ccccc4s3)c2c(-c2ccc(OCC3CCCCC3)cc2)n1B(c1ccccc1)c1ccccc1. The van der Waals surface area contributed by atoms with Gasteiger partial charge >= 0.3 is 13.7 Å². The highest BCUT2D eigenvalue weighted by Crippen LogP contribution is 2.40. The summed E-state index contributed by atoms with van der Waals surface area (Å²) in [6, 6.07) is 73.5. The molecule has 14 rings (SSSR count). The number of hydrogen-bond donors (Lipinski definition) is 0. The predicted molar refractivity (Wildman–Crippen MR) is 358 cm³/mol. The molecule has 0 amide bonds. The summed E-state index contributed by atoms with van der Waals surface area (Å²) < 4.78 is 19.2. The molecule has 7 aromatic carbocycles. The van der Waals surface area contributed by atoms with E-state index in [-0.39, 0.29) is 11.3 Å². The van der Waals surface area contributed by atoms with E-state index in [0.717, 1.165) is 76.9 Å². The van der Waals surface area contributed by atoms with Crippen LogP contribution >= 0.6 is 23.1 Å². The minimum Gasteiger partial charge on any atom is -0.493 e. The molecule has 4 heterocycles. The number of aliphatic imine (C=N–C) groups is 1. The number of hydrogen-bond acceptors (Lipinski definition) is 8. The Balaban J connectivity index is 1.20. The zero-order valence-electron chi connectivity index (χ0n) is 48.1. The van der Waals surface area contributed by atoms with Crippen LogP contribution in [0, 0.1) is 34.5 Å².